The summed E-state index contributed by atoms with van der Waals surface area (Å²) in [6.07, 6.45) is -6.14. The zero-order valence-electron chi connectivity index (χ0n) is 15.5. The fraction of sp³-hybridized carbons (Fsp3) is 0.750. The van der Waals surface area contributed by atoms with E-state index in [0.29, 0.717) is 0 Å². The molecule has 1 N–H and O–H groups in total. The molecule has 0 aromatic rings. The molecule has 1 saturated heterocycles. The number of ether oxygens (including phenoxy) is 6. The molecule has 1 heterocycles. The van der Waals surface area contributed by atoms with Crippen molar-refractivity contribution in [3.8, 4) is 0 Å². The van der Waals surface area contributed by atoms with E-state index in [1.54, 1.807) is 0 Å². The Kier molecular flexibility index (Phi) is 9.12. The Balaban J connectivity index is 3.22. The molecule has 1 rings (SSSR count). The van der Waals surface area contributed by atoms with Gasteiger partial charge in [0.2, 0.25) is 0 Å². The molecule has 0 saturated carbocycles. The summed E-state index contributed by atoms with van der Waals surface area (Å²) in [4.78, 5) is 45.7. The van der Waals surface area contributed by atoms with Gasteiger partial charge in [-0.15, -0.1) is 0 Å². The lowest BCUT2D eigenvalue weighted by molar-refractivity contribution is -0.308. The summed E-state index contributed by atoms with van der Waals surface area (Å²) in [7, 11) is 0. The molecule has 0 radical (unpaired) electrons. The van der Waals surface area contributed by atoms with E-state index in [9.17, 15) is 19.2 Å². The van der Waals surface area contributed by atoms with Crippen LogP contribution < -0.4 is 0 Å². The maximum atomic E-state index is 11.6. The molecule has 0 spiro atoms. The Bertz CT molecular complexity index is 546. The van der Waals surface area contributed by atoms with Gasteiger partial charge >= 0.3 is 23.9 Å². The molecule has 5 atom stereocenters. The third-order valence-corrected chi connectivity index (χ3v) is 3.32. The van der Waals surface area contributed by atoms with Gasteiger partial charge in [0, 0.05) is 27.7 Å². The van der Waals surface area contributed by atoms with E-state index in [0.717, 1.165) is 20.8 Å². The maximum absolute atomic E-state index is 11.6. The van der Waals surface area contributed by atoms with Crippen molar-refractivity contribution < 1.29 is 52.7 Å². The molecule has 0 unspecified atom stereocenters. The smallest absolute Gasteiger partial charge is 0.303 e. The zero-order chi connectivity index (χ0) is 20.6. The number of aliphatic hydroxyl groups excluding tert-OH is 1. The fourth-order valence-corrected chi connectivity index (χ4v) is 2.49. The number of aliphatic hydroxyl groups is 1. The van der Waals surface area contributed by atoms with Crippen LogP contribution in [0.4, 0.5) is 0 Å². The van der Waals surface area contributed by atoms with E-state index in [1.165, 1.54) is 6.92 Å². The van der Waals surface area contributed by atoms with Gasteiger partial charge in [0.05, 0.1) is 13.2 Å². The van der Waals surface area contributed by atoms with Crippen LogP contribution in [0.25, 0.3) is 0 Å². The Morgan fingerprint density at radius 3 is 1.81 bits per heavy atom. The number of hydrogen-bond donors (Lipinski definition) is 1. The van der Waals surface area contributed by atoms with Crippen molar-refractivity contribution in [2.24, 2.45) is 0 Å². The van der Waals surface area contributed by atoms with Gasteiger partial charge in [-0.05, 0) is 0 Å². The number of esters is 4. The average molecular weight is 392 g/mol. The number of hydrogen-bond acceptors (Lipinski definition) is 11. The van der Waals surface area contributed by atoms with Crippen molar-refractivity contribution in [2.75, 3.05) is 19.8 Å². The van der Waals surface area contributed by atoms with Crippen LogP contribution in [0.1, 0.15) is 27.7 Å². The first-order valence-electron chi connectivity index (χ1n) is 8.18. The maximum Gasteiger partial charge on any atom is 0.303 e. The van der Waals surface area contributed by atoms with Crippen molar-refractivity contribution >= 4 is 23.9 Å². The Morgan fingerprint density at radius 2 is 1.33 bits per heavy atom. The molecular weight excluding hydrogens is 368 g/mol. The first-order valence-corrected chi connectivity index (χ1v) is 8.18. The van der Waals surface area contributed by atoms with Crippen molar-refractivity contribution in [3.63, 3.8) is 0 Å². The fourth-order valence-electron chi connectivity index (χ4n) is 2.49. The van der Waals surface area contributed by atoms with Crippen molar-refractivity contribution in [1.82, 2.24) is 0 Å². The average Bonchev–Trinajstić information content (AvgIpc) is 2.54. The molecule has 0 aliphatic carbocycles. The highest BCUT2D eigenvalue weighted by atomic mass is 16.7. The SMILES string of the molecule is CC(=O)OC[C@H]1O[C@H](OCCO)[C@@H](OC(C)=O)[C@@H](OC(C)=O)[C@@H]1OC(C)=O. The topological polar surface area (TPSA) is 144 Å². The summed E-state index contributed by atoms with van der Waals surface area (Å²) >= 11 is 0. The lowest BCUT2D eigenvalue weighted by Gasteiger charge is -2.43. The van der Waals surface area contributed by atoms with Gasteiger partial charge in [0.1, 0.15) is 12.7 Å². The van der Waals surface area contributed by atoms with Crippen LogP contribution in [0, 0.1) is 0 Å². The third kappa shape index (κ3) is 7.49. The highest BCUT2D eigenvalue weighted by Crippen LogP contribution is 2.29. The summed E-state index contributed by atoms with van der Waals surface area (Å²) in [6.45, 7) is 3.68. The highest BCUT2D eigenvalue weighted by molar-refractivity contribution is 5.68. The first-order chi connectivity index (χ1) is 12.6. The van der Waals surface area contributed by atoms with Crippen LogP contribution >= 0.6 is 0 Å². The molecule has 27 heavy (non-hydrogen) atoms. The molecule has 0 amide bonds. The molecule has 11 nitrogen and oxygen atoms in total. The van der Waals surface area contributed by atoms with E-state index >= 15 is 0 Å². The summed E-state index contributed by atoms with van der Waals surface area (Å²) in [5, 5.41) is 8.98. The van der Waals surface area contributed by atoms with Crippen LogP contribution in [-0.2, 0) is 47.6 Å². The minimum absolute atomic E-state index is 0.173. The second kappa shape index (κ2) is 10.8. The van der Waals surface area contributed by atoms with Crippen LogP contribution in [-0.4, -0.2) is 79.5 Å². The Morgan fingerprint density at radius 1 is 0.815 bits per heavy atom. The van der Waals surface area contributed by atoms with E-state index in [-0.39, 0.29) is 19.8 Å². The Labute approximate surface area is 155 Å². The molecule has 1 aliphatic heterocycles. The van der Waals surface area contributed by atoms with Crippen molar-refractivity contribution in [2.45, 2.75) is 58.4 Å². The molecule has 0 bridgehead atoms. The molecule has 0 aromatic carbocycles. The predicted octanol–water partition coefficient (Wildman–Crippen LogP) is -0.922. The Hall–Kier alpha value is -2.24. The number of rotatable bonds is 8. The third-order valence-electron chi connectivity index (χ3n) is 3.32. The first kappa shape index (κ1) is 22.8. The van der Waals surface area contributed by atoms with Gasteiger partial charge < -0.3 is 33.5 Å². The lowest BCUT2D eigenvalue weighted by atomic mass is 9.98. The monoisotopic (exact) mass is 392 g/mol. The molecule has 11 heteroatoms. The van der Waals surface area contributed by atoms with Crippen LogP contribution in [0.3, 0.4) is 0 Å². The molecular formula is C16H24O11. The highest BCUT2D eigenvalue weighted by Gasteiger charge is 2.52. The van der Waals surface area contributed by atoms with Crippen molar-refractivity contribution in [1.29, 1.82) is 0 Å². The van der Waals surface area contributed by atoms with Gasteiger partial charge in [0.25, 0.3) is 0 Å². The van der Waals surface area contributed by atoms with Gasteiger partial charge in [0.15, 0.2) is 24.6 Å². The van der Waals surface area contributed by atoms with E-state index in [4.69, 9.17) is 33.5 Å². The molecule has 1 aliphatic rings. The van der Waals surface area contributed by atoms with Gasteiger partial charge in [-0.25, -0.2) is 0 Å². The van der Waals surface area contributed by atoms with Crippen LogP contribution in [0.2, 0.25) is 0 Å². The van der Waals surface area contributed by atoms with E-state index < -0.39 is 54.6 Å². The summed E-state index contributed by atoms with van der Waals surface area (Å²) in [5.74, 6) is -2.79. The minimum atomic E-state index is -1.28. The largest absolute Gasteiger partial charge is 0.463 e. The van der Waals surface area contributed by atoms with Gasteiger partial charge in [-0.2, -0.15) is 0 Å². The minimum Gasteiger partial charge on any atom is -0.463 e. The standard InChI is InChI=1S/C16H24O11/c1-8(18)23-7-12-13(24-9(2)19)14(25-10(3)20)15(26-11(4)21)16(27-12)22-6-5-17/h12-17H,5-7H2,1-4H3/t12-,13-,14+,15+,16+/m1/s1. The molecule has 0 aromatic heterocycles. The van der Waals surface area contributed by atoms with Crippen molar-refractivity contribution in [3.05, 3.63) is 0 Å². The second-order valence-electron chi connectivity index (χ2n) is 5.66. The lowest BCUT2D eigenvalue weighted by Crippen LogP contribution is -2.63. The normalized spacial score (nSPS) is 27.4. The van der Waals surface area contributed by atoms with E-state index in [1.807, 2.05) is 0 Å². The van der Waals surface area contributed by atoms with E-state index in [2.05, 4.69) is 0 Å². The van der Waals surface area contributed by atoms with Gasteiger partial charge in [-0.1, -0.05) is 0 Å². The quantitative estimate of drug-likeness (QED) is 0.404. The summed E-state index contributed by atoms with van der Waals surface area (Å²) in [5.41, 5.74) is 0. The molecule has 1 fully saturated rings. The van der Waals surface area contributed by atoms with Crippen LogP contribution in [0.5, 0.6) is 0 Å². The number of carbonyl (C=O) groups is 4. The number of carbonyl (C=O) groups excluding carboxylic acids is 4. The summed E-state index contributed by atoms with van der Waals surface area (Å²) < 4.78 is 31.4. The van der Waals surface area contributed by atoms with Gasteiger partial charge in [-0.3, -0.25) is 19.2 Å². The zero-order valence-corrected chi connectivity index (χ0v) is 15.5. The van der Waals surface area contributed by atoms with Crippen LogP contribution in [0.15, 0.2) is 0 Å². The molecule has 154 valence electrons. The second-order valence-corrected chi connectivity index (χ2v) is 5.66. The predicted molar refractivity (Wildman–Crippen MR) is 85.0 cm³/mol. The summed E-state index contributed by atoms with van der Waals surface area (Å²) in [6, 6.07) is 0.